The van der Waals surface area contributed by atoms with Gasteiger partial charge in [0.1, 0.15) is 5.75 Å². The fourth-order valence-electron chi connectivity index (χ4n) is 1.45. The maximum Gasteiger partial charge on any atom is 0.255 e. The molecule has 0 spiro atoms. The zero-order valence-electron chi connectivity index (χ0n) is 10.1. The van der Waals surface area contributed by atoms with Crippen molar-refractivity contribution in [1.29, 1.82) is 0 Å². The summed E-state index contributed by atoms with van der Waals surface area (Å²) in [7, 11) is 3.10. The summed E-state index contributed by atoms with van der Waals surface area (Å²) < 4.78 is 10.1. The Hall–Kier alpha value is -1.26. The molecule has 0 radical (unpaired) electrons. The monoisotopic (exact) mass is 257 g/mol. The van der Waals surface area contributed by atoms with E-state index in [9.17, 15) is 4.79 Å². The molecule has 4 nitrogen and oxygen atoms in total. The minimum Gasteiger partial charge on any atom is -0.496 e. The van der Waals surface area contributed by atoms with Crippen LogP contribution in [0, 0.1) is 0 Å². The summed E-state index contributed by atoms with van der Waals surface area (Å²) in [5, 5.41) is 3.29. The van der Waals surface area contributed by atoms with E-state index in [1.807, 2.05) is 6.92 Å². The number of hydrogen-bond acceptors (Lipinski definition) is 3. The molecule has 0 aromatic heterocycles. The van der Waals surface area contributed by atoms with Gasteiger partial charge in [-0.1, -0.05) is 11.6 Å². The van der Waals surface area contributed by atoms with Crippen LogP contribution in [0.5, 0.6) is 5.75 Å². The third-order valence-corrected chi connectivity index (χ3v) is 2.44. The summed E-state index contributed by atoms with van der Waals surface area (Å²) in [4.78, 5) is 12.0. The van der Waals surface area contributed by atoms with Crippen LogP contribution in [0.2, 0.25) is 5.02 Å². The highest BCUT2D eigenvalue weighted by atomic mass is 35.5. The quantitative estimate of drug-likeness (QED) is 0.879. The lowest BCUT2D eigenvalue weighted by Crippen LogP contribution is -2.35. The van der Waals surface area contributed by atoms with Crippen molar-refractivity contribution in [3.8, 4) is 5.75 Å². The number of amides is 1. The van der Waals surface area contributed by atoms with Crippen LogP contribution in [0.4, 0.5) is 0 Å². The minimum atomic E-state index is -0.228. The molecule has 17 heavy (non-hydrogen) atoms. The second kappa shape index (κ2) is 6.47. The summed E-state index contributed by atoms with van der Waals surface area (Å²) in [6.07, 6.45) is 0. The first-order valence-corrected chi connectivity index (χ1v) is 5.59. The molecule has 94 valence electrons. The first-order valence-electron chi connectivity index (χ1n) is 5.21. The summed E-state index contributed by atoms with van der Waals surface area (Å²) >= 11 is 5.86. The molecule has 0 saturated carbocycles. The van der Waals surface area contributed by atoms with Crippen molar-refractivity contribution in [3.63, 3.8) is 0 Å². The molecule has 5 heteroatoms. The van der Waals surface area contributed by atoms with Crippen molar-refractivity contribution in [2.45, 2.75) is 13.0 Å². The summed E-state index contributed by atoms with van der Waals surface area (Å²) in [6.45, 7) is 2.31. The Balaban J connectivity index is 2.83. The molecule has 0 aliphatic heterocycles. The average molecular weight is 258 g/mol. The smallest absolute Gasteiger partial charge is 0.255 e. The Labute approximate surface area is 106 Å². The second-order valence-corrected chi connectivity index (χ2v) is 4.11. The SMILES string of the molecule is COC[C@H](C)NC(=O)c1cc(Cl)ccc1OC. The molecule has 1 rings (SSSR count). The number of halogens is 1. The van der Waals surface area contributed by atoms with Gasteiger partial charge in [0, 0.05) is 18.2 Å². The van der Waals surface area contributed by atoms with Gasteiger partial charge in [0.2, 0.25) is 0 Å². The topological polar surface area (TPSA) is 47.6 Å². The highest BCUT2D eigenvalue weighted by molar-refractivity contribution is 6.31. The van der Waals surface area contributed by atoms with Gasteiger partial charge in [-0.25, -0.2) is 0 Å². The molecule has 1 aromatic rings. The van der Waals surface area contributed by atoms with Gasteiger partial charge in [0.15, 0.2) is 0 Å². The first kappa shape index (κ1) is 13.8. The Bertz CT molecular complexity index is 395. The fraction of sp³-hybridized carbons (Fsp3) is 0.417. The van der Waals surface area contributed by atoms with Gasteiger partial charge in [-0.15, -0.1) is 0 Å². The molecule has 1 atom stereocenters. The first-order chi connectivity index (χ1) is 8.08. The highest BCUT2D eigenvalue weighted by Crippen LogP contribution is 2.22. The largest absolute Gasteiger partial charge is 0.496 e. The van der Waals surface area contributed by atoms with E-state index in [4.69, 9.17) is 21.1 Å². The lowest BCUT2D eigenvalue weighted by molar-refractivity contribution is 0.0902. The van der Waals surface area contributed by atoms with Gasteiger partial charge in [0.05, 0.1) is 19.3 Å². The predicted molar refractivity (Wildman–Crippen MR) is 66.8 cm³/mol. The van der Waals surface area contributed by atoms with Crippen LogP contribution < -0.4 is 10.1 Å². The van der Waals surface area contributed by atoms with E-state index >= 15 is 0 Å². The number of ether oxygens (including phenoxy) is 2. The van der Waals surface area contributed by atoms with Gasteiger partial charge in [-0.05, 0) is 25.1 Å². The van der Waals surface area contributed by atoms with Crippen LogP contribution in [0.3, 0.4) is 0 Å². The van der Waals surface area contributed by atoms with Gasteiger partial charge >= 0.3 is 0 Å². The normalized spacial score (nSPS) is 12.0. The van der Waals surface area contributed by atoms with Gasteiger partial charge in [-0.2, -0.15) is 0 Å². The molecule has 1 aromatic carbocycles. The number of methoxy groups -OCH3 is 2. The van der Waals surface area contributed by atoms with Crippen molar-refractivity contribution >= 4 is 17.5 Å². The molecule has 0 saturated heterocycles. The Kier molecular flexibility index (Phi) is 5.25. The molecule has 0 heterocycles. The lowest BCUT2D eigenvalue weighted by Gasteiger charge is -2.14. The Morgan fingerprint density at radius 2 is 2.18 bits per heavy atom. The second-order valence-electron chi connectivity index (χ2n) is 3.67. The standard InChI is InChI=1S/C12H16ClNO3/c1-8(7-16-2)14-12(15)10-6-9(13)4-5-11(10)17-3/h4-6,8H,7H2,1-3H3,(H,14,15)/t8-/m0/s1. The van der Waals surface area contributed by atoms with Crippen molar-refractivity contribution in [2.24, 2.45) is 0 Å². The number of benzene rings is 1. The van der Waals surface area contributed by atoms with E-state index in [1.165, 1.54) is 7.11 Å². The van der Waals surface area contributed by atoms with Crippen molar-refractivity contribution in [2.75, 3.05) is 20.8 Å². The third kappa shape index (κ3) is 3.91. The molecule has 0 aliphatic carbocycles. The molecular formula is C12H16ClNO3. The zero-order valence-corrected chi connectivity index (χ0v) is 10.9. The Morgan fingerprint density at radius 3 is 2.76 bits per heavy atom. The van der Waals surface area contributed by atoms with E-state index < -0.39 is 0 Å². The van der Waals surface area contributed by atoms with Gasteiger partial charge in [0.25, 0.3) is 5.91 Å². The maximum atomic E-state index is 12.0. The average Bonchev–Trinajstić information content (AvgIpc) is 2.29. The summed E-state index contributed by atoms with van der Waals surface area (Å²) in [5.74, 6) is 0.269. The van der Waals surface area contributed by atoms with Crippen LogP contribution in [-0.4, -0.2) is 32.8 Å². The van der Waals surface area contributed by atoms with Crippen LogP contribution >= 0.6 is 11.6 Å². The Morgan fingerprint density at radius 1 is 1.47 bits per heavy atom. The molecule has 0 aliphatic rings. The number of carbonyl (C=O) groups is 1. The zero-order chi connectivity index (χ0) is 12.8. The van der Waals surface area contributed by atoms with Crippen molar-refractivity contribution in [3.05, 3.63) is 28.8 Å². The van der Waals surface area contributed by atoms with E-state index in [0.29, 0.717) is 22.9 Å². The molecule has 1 N–H and O–H groups in total. The maximum absolute atomic E-state index is 12.0. The fourth-order valence-corrected chi connectivity index (χ4v) is 1.62. The predicted octanol–water partition coefficient (Wildman–Crippen LogP) is 2.11. The molecule has 0 fully saturated rings. The van der Waals surface area contributed by atoms with Crippen LogP contribution in [0.25, 0.3) is 0 Å². The van der Waals surface area contributed by atoms with E-state index in [1.54, 1.807) is 25.3 Å². The molecule has 0 unspecified atom stereocenters. The minimum absolute atomic E-state index is 0.0730. The number of carbonyl (C=O) groups excluding carboxylic acids is 1. The molecule has 0 bridgehead atoms. The lowest BCUT2D eigenvalue weighted by atomic mass is 10.1. The number of hydrogen-bond donors (Lipinski definition) is 1. The molecule has 1 amide bonds. The number of nitrogens with one attached hydrogen (secondary N) is 1. The van der Waals surface area contributed by atoms with E-state index in [-0.39, 0.29) is 11.9 Å². The van der Waals surface area contributed by atoms with Crippen LogP contribution in [0.15, 0.2) is 18.2 Å². The highest BCUT2D eigenvalue weighted by Gasteiger charge is 2.14. The number of rotatable bonds is 5. The summed E-state index contributed by atoms with van der Waals surface area (Å²) in [6, 6.07) is 4.85. The van der Waals surface area contributed by atoms with E-state index in [0.717, 1.165) is 0 Å². The third-order valence-electron chi connectivity index (χ3n) is 2.20. The van der Waals surface area contributed by atoms with Crippen molar-refractivity contribution in [1.82, 2.24) is 5.32 Å². The molecular weight excluding hydrogens is 242 g/mol. The van der Waals surface area contributed by atoms with E-state index in [2.05, 4.69) is 5.32 Å². The van der Waals surface area contributed by atoms with Crippen LogP contribution in [-0.2, 0) is 4.74 Å². The van der Waals surface area contributed by atoms with Gasteiger partial charge < -0.3 is 14.8 Å². The van der Waals surface area contributed by atoms with Crippen LogP contribution in [0.1, 0.15) is 17.3 Å². The summed E-state index contributed by atoms with van der Waals surface area (Å²) in [5.41, 5.74) is 0.419. The van der Waals surface area contributed by atoms with Gasteiger partial charge in [-0.3, -0.25) is 4.79 Å². The van der Waals surface area contributed by atoms with Crippen molar-refractivity contribution < 1.29 is 14.3 Å².